The monoisotopic (exact) mass is 238 g/mol. The largest absolute Gasteiger partial charge is 0.455 e. The van der Waals surface area contributed by atoms with Crippen molar-refractivity contribution in [2.24, 2.45) is 0 Å². The van der Waals surface area contributed by atoms with Crippen LogP contribution in [-0.2, 0) is 19.1 Å². The Morgan fingerprint density at radius 2 is 1.59 bits per heavy atom. The first-order chi connectivity index (χ1) is 7.88. The molecule has 1 aliphatic rings. The molecule has 1 atom stereocenters. The van der Waals surface area contributed by atoms with Gasteiger partial charge < -0.3 is 9.47 Å². The van der Waals surface area contributed by atoms with Gasteiger partial charge in [0.15, 0.2) is 0 Å². The number of rotatable bonds is 1. The van der Waals surface area contributed by atoms with E-state index in [0.29, 0.717) is 23.3 Å². The molecule has 17 heavy (non-hydrogen) atoms. The van der Waals surface area contributed by atoms with Crippen molar-refractivity contribution in [1.82, 2.24) is 0 Å². The van der Waals surface area contributed by atoms with E-state index in [-0.39, 0.29) is 6.10 Å². The summed E-state index contributed by atoms with van der Waals surface area (Å²) >= 11 is 0. The standard InChI is InChI=1S/C13H18O4/c1-6-11-9(4)16-12(14)7(2)8(3)13(15)17-10(11)5/h9H,6H2,1-5H3/b8-7-,11-10-. The molecule has 0 N–H and O–H groups in total. The molecule has 0 saturated heterocycles. The van der Waals surface area contributed by atoms with E-state index in [4.69, 9.17) is 9.47 Å². The van der Waals surface area contributed by atoms with Crippen molar-refractivity contribution in [3.8, 4) is 0 Å². The third-order valence-electron chi connectivity index (χ3n) is 3.03. The second kappa shape index (κ2) is 5.17. The summed E-state index contributed by atoms with van der Waals surface area (Å²) in [5, 5.41) is 0. The molecule has 0 fully saturated rings. The molecule has 1 unspecified atom stereocenters. The minimum atomic E-state index is -0.489. The number of carbonyl (C=O) groups is 2. The summed E-state index contributed by atoms with van der Waals surface area (Å²) in [7, 11) is 0. The third-order valence-corrected chi connectivity index (χ3v) is 3.03. The lowest BCUT2D eigenvalue weighted by atomic mass is 10.1. The normalized spacial score (nSPS) is 31.2. The SMILES string of the molecule is CC/C1=C(\C)OC(=O)/C(C)=C(/C)C(=O)OC1C. The van der Waals surface area contributed by atoms with E-state index in [2.05, 4.69) is 0 Å². The highest BCUT2D eigenvalue weighted by Crippen LogP contribution is 2.22. The molecule has 0 spiro atoms. The van der Waals surface area contributed by atoms with Crippen LogP contribution in [0.3, 0.4) is 0 Å². The van der Waals surface area contributed by atoms with Gasteiger partial charge in [-0.3, -0.25) is 0 Å². The Bertz CT molecular complexity index is 415. The average Bonchev–Trinajstić information content (AvgIpc) is 2.28. The lowest BCUT2D eigenvalue weighted by Crippen LogP contribution is -2.18. The maximum absolute atomic E-state index is 11.7. The Hall–Kier alpha value is -1.58. The van der Waals surface area contributed by atoms with Crippen molar-refractivity contribution < 1.29 is 19.1 Å². The van der Waals surface area contributed by atoms with Crippen LogP contribution in [0, 0.1) is 0 Å². The smallest absolute Gasteiger partial charge is 0.339 e. The molecule has 0 aromatic carbocycles. The number of cyclic esters (lactones) is 2. The van der Waals surface area contributed by atoms with Gasteiger partial charge in [-0.1, -0.05) is 6.92 Å². The molecule has 0 saturated carbocycles. The zero-order chi connectivity index (χ0) is 13.2. The van der Waals surface area contributed by atoms with Crippen LogP contribution in [0.4, 0.5) is 0 Å². The van der Waals surface area contributed by atoms with Crippen LogP contribution in [0.5, 0.6) is 0 Å². The van der Waals surface area contributed by atoms with Crippen molar-refractivity contribution in [2.75, 3.05) is 0 Å². The summed E-state index contributed by atoms with van der Waals surface area (Å²) in [6.45, 7) is 8.56. The summed E-state index contributed by atoms with van der Waals surface area (Å²) in [4.78, 5) is 23.5. The van der Waals surface area contributed by atoms with Gasteiger partial charge in [-0.25, -0.2) is 9.59 Å². The first kappa shape index (κ1) is 13.5. The Balaban J connectivity index is 3.24. The zero-order valence-electron chi connectivity index (χ0n) is 10.9. The molecular formula is C13H18O4. The molecule has 0 bridgehead atoms. The van der Waals surface area contributed by atoms with E-state index in [1.54, 1.807) is 27.7 Å². The van der Waals surface area contributed by atoms with E-state index >= 15 is 0 Å². The van der Waals surface area contributed by atoms with Gasteiger partial charge in [0.05, 0.1) is 0 Å². The fourth-order valence-corrected chi connectivity index (χ4v) is 1.73. The van der Waals surface area contributed by atoms with Crippen LogP contribution >= 0.6 is 0 Å². The Labute approximate surface area is 101 Å². The van der Waals surface area contributed by atoms with E-state index in [1.807, 2.05) is 6.92 Å². The van der Waals surface area contributed by atoms with Crippen LogP contribution in [0.25, 0.3) is 0 Å². The number of hydrogen-bond donors (Lipinski definition) is 0. The molecule has 94 valence electrons. The third kappa shape index (κ3) is 2.75. The van der Waals surface area contributed by atoms with Crippen molar-refractivity contribution in [2.45, 2.75) is 47.1 Å². The lowest BCUT2D eigenvalue weighted by molar-refractivity contribution is -0.142. The van der Waals surface area contributed by atoms with Gasteiger partial charge in [-0.2, -0.15) is 0 Å². The highest BCUT2D eigenvalue weighted by atomic mass is 16.6. The molecule has 1 heterocycles. The molecule has 1 rings (SSSR count). The Morgan fingerprint density at radius 1 is 1.06 bits per heavy atom. The summed E-state index contributed by atoms with van der Waals surface area (Å²) in [5.41, 5.74) is 1.42. The average molecular weight is 238 g/mol. The number of ether oxygens (including phenoxy) is 2. The molecule has 4 heteroatoms. The van der Waals surface area contributed by atoms with Crippen LogP contribution in [0.2, 0.25) is 0 Å². The maximum atomic E-state index is 11.7. The van der Waals surface area contributed by atoms with E-state index in [1.165, 1.54) is 0 Å². The molecule has 0 aromatic heterocycles. The summed E-state index contributed by atoms with van der Waals surface area (Å²) in [6.07, 6.45) is 0.298. The fraction of sp³-hybridized carbons (Fsp3) is 0.538. The van der Waals surface area contributed by atoms with Crippen LogP contribution in [0.15, 0.2) is 22.5 Å². The van der Waals surface area contributed by atoms with Crippen molar-refractivity contribution in [3.05, 3.63) is 22.5 Å². The van der Waals surface area contributed by atoms with Crippen LogP contribution in [0.1, 0.15) is 41.0 Å². The number of carbonyl (C=O) groups excluding carboxylic acids is 2. The number of allylic oxidation sites excluding steroid dienone is 1. The molecule has 0 aromatic rings. The van der Waals surface area contributed by atoms with E-state index < -0.39 is 11.9 Å². The Morgan fingerprint density at radius 3 is 2.12 bits per heavy atom. The first-order valence-corrected chi connectivity index (χ1v) is 5.68. The molecule has 0 radical (unpaired) electrons. The van der Waals surface area contributed by atoms with Crippen molar-refractivity contribution >= 4 is 11.9 Å². The molecule has 1 aliphatic heterocycles. The Kier molecular flexibility index (Phi) is 4.10. The van der Waals surface area contributed by atoms with Gasteiger partial charge in [-0.05, 0) is 34.1 Å². The minimum Gasteiger partial charge on any atom is -0.455 e. The van der Waals surface area contributed by atoms with Crippen LogP contribution in [-0.4, -0.2) is 18.0 Å². The maximum Gasteiger partial charge on any atom is 0.339 e. The first-order valence-electron chi connectivity index (χ1n) is 5.68. The van der Waals surface area contributed by atoms with Crippen LogP contribution < -0.4 is 0 Å². The zero-order valence-corrected chi connectivity index (χ0v) is 10.9. The highest BCUT2D eigenvalue weighted by molar-refractivity contribution is 6.00. The molecular weight excluding hydrogens is 220 g/mol. The number of hydrogen-bond acceptors (Lipinski definition) is 4. The predicted octanol–water partition coefficient (Wildman–Crippen LogP) is 2.50. The predicted molar refractivity (Wildman–Crippen MR) is 63.0 cm³/mol. The van der Waals surface area contributed by atoms with Crippen molar-refractivity contribution in [1.29, 1.82) is 0 Å². The summed E-state index contributed by atoms with van der Waals surface area (Å²) in [5.74, 6) is -0.434. The fourth-order valence-electron chi connectivity index (χ4n) is 1.73. The summed E-state index contributed by atoms with van der Waals surface area (Å²) < 4.78 is 10.5. The highest BCUT2D eigenvalue weighted by Gasteiger charge is 2.24. The van der Waals surface area contributed by atoms with E-state index in [0.717, 1.165) is 5.57 Å². The minimum absolute atomic E-state index is 0.291. The molecule has 4 nitrogen and oxygen atoms in total. The number of esters is 2. The van der Waals surface area contributed by atoms with E-state index in [9.17, 15) is 9.59 Å². The van der Waals surface area contributed by atoms with Gasteiger partial charge in [0.1, 0.15) is 11.9 Å². The van der Waals surface area contributed by atoms with Gasteiger partial charge in [0.2, 0.25) is 0 Å². The second-order valence-electron chi connectivity index (χ2n) is 4.12. The topological polar surface area (TPSA) is 52.6 Å². The van der Waals surface area contributed by atoms with Gasteiger partial charge in [0, 0.05) is 16.7 Å². The van der Waals surface area contributed by atoms with Crippen molar-refractivity contribution in [3.63, 3.8) is 0 Å². The quantitative estimate of drug-likeness (QED) is 0.658. The summed E-state index contributed by atoms with van der Waals surface area (Å²) in [6, 6.07) is 0. The van der Waals surface area contributed by atoms with Gasteiger partial charge in [-0.15, -0.1) is 0 Å². The lowest BCUT2D eigenvalue weighted by Gasteiger charge is -2.16. The molecule has 0 amide bonds. The van der Waals surface area contributed by atoms with Gasteiger partial charge in [0.25, 0.3) is 0 Å². The van der Waals surface area contributed by atoms with Gasteiger partial charge >= 0.3 is 11.9 Å². The molecule has 0 aliphatic carbocycles. The second-order valence-corrected chi connectivity index (χ2v) is 4.12.